The van der Waals surface area contributed by atoms with E-state index in [4.69, 9.17) is 0 Å². The smallest absolute Gasteiger partial charge is 0.141 e. The van der Waals surface area contributed by atoms with Crippen LogP contribution in [0.5, 0.6) is 0 Å². The molecule has 0 saturated carbocycles. The van der Waals surface area contributed by atoms with Crippen LogP contribution in [-0.2, 0) is 11.3 Å². The minimum Gasteiger partial charge on any atom is -0.301 e. The van der Waals surface area contributed by atoms with E-state index in [1.54, 1.807) is 16.0 Å². The lowest BCUT2D eigenvalue weighted by Crippen LogP contribution is -1.99. The lowest BCUT2D eigenvalue weighted by atomic mass is 10.2. The molecule has 0 spiro atoms. The molecule has 3 rings (SSSR count). The van der Waals surface area contributed by atoms with Crippen LogP contribution in [-0.4, -0.2) is 16.1 Å². The number of aldehydes is 1. The Morgan fingerprint density at radius 1 is 1.29 bits per heavy atom. The van der Waals surface area contributed by atoms with Gasteiger partial charge < -0.3 is 4.79 Å². The molecule has 1 aromatic carbocycles. The largest absolute Gasteiger partial charge is 0.301 e. The van der Waals surface area contributed by atoms with Gasteiger partial charge in [-0.3, -0.25) is 4.68 Å². The van der Waals surface area contributed by atoms with Gasteiger partial charge in [-0.15, -0.1) is 11.3 Å². The summed E-state index contributed by atoms with van der Waals surface area (Å²) in [4.78, 5) is 11.7. The second kappa shape index (κ2) is 4.14. The second-order valence-electron chi connectivity index (χ2n) is 3.72. The summed E-state index contributed by atoms with van der Waals surface area (Å²) < 4.78 is 2.84. The first-order valence-electron chi connectivity index (χ1n) is 5.33. The average Bonchev–Trinajstić information content (AvgIpc) is 2.93. The van der Waals surface area contributed by atoms with E-state index in [1.807, 2.05) is 24.4 Å². The molecule has 0 amide bonds. The molecule has 0 bridgehead atoms. The van der Waals surface area contributed by atoms with Crippen molar-refractivity contribution >= 4 is 27.8 Å². The van der Waals surface area contributed by atoms with Crippen LogP contribution in [0, 0.1) is 0 Å². The van der Waals surface area contributed by atoms with Gasteiger partial charge in [0.15, 0.2) is 0 Å². The van der Waals surface area contributed by atoms with Gasteiger partial charge in [0.05, 0.1) is 23.0 Å². The fourth-order valence-corrected chi connectivity index (χ4v) is 2.86. The van der Waals surface area contributed by atoms with Crippen LogP contribution in [0.2, 0.25) is 0 Å². The van der Waals surface area contributed by atoms with E-state index < -0.39 is 0 Å². The van der Waals surface area contributed by atoms with Gasteiger partial charge >= 0.3 is 0 Å². The predicted octanol–water partition coefficient (Wildman–Crippen LogP) is 2.96. The standard InChI is InChI=1S/C13H10N2OS/c16-7-6-15-11-8-12(17-13(11)9-14-15)10-4-2-1-3-5-10/h1-5,7-9H,6H2. The third-order valence-electron chi connectivity index (χ3n) is 2.64. The molecule has 3 nitrogen and oxygen atoms in total. The van der Waals surface area contributed by atoms with Crippen molar-refractivity contribution in [3.63, 3.8) is 0 Å². The number of aromatic nitrogens is 2. The number of hydrogen-bond donors (Lipinski definition) is 0. The Balaban J connectivity index is 2.11. The monoisotopic (exact) mass is 242 g/mol. The van der Waals surface area contributed by atoms with Crippen LogP contribution >= 0.6 is 11.3 Å². The number of fused-ring (bicyclic) bond motifs is 1. The van der Waals surface area contributed by atoms with E-state index in [-0.39, 0.29) is 0 Å². The molecule has 0 unspecified atom stereocenters. The van der Waals surface area contributed by atoms with E-state index in [2.05, 4.69) is 23.3 Å². The average molecular weight is 242 g/mol. The SMILES string of the molecule is O=CCn1ncc2sc(-c3ccccc3)cc21. The van der Waals surface area contributed by atoms with Crippen molar-refractivity contribution < 1.29 is 4.79 Å². The third-order valence-corrected chi connectivity index (χ3v) is 3.75. The molecule has 0 atom stereocenters. The summed E-state index contributed by atoms with van der Waals surface area (Å²) in [6.45, 7) is 0.314. The summed E-state index contributed by atoms with van der Waals surface area (Å²) in [5.74, 6) is 0. The molecule has 2 heterocycles. The number of benzene rings is 1. The van der Waals surface area contributed by atoms with Crippen LogP contribution in [0.4, 0.5) is 0 Å². The number of carbonyl (C=O) groups excluding carboxylic acids is 1. The normalized spacial score (nSPS) is 10.8. The Labute approximate surface area is 102 Å². The minimum atomic E-state index is 0.314. The van der Waals surface area contributed by atoms with E-state index >= 15 is 0 Å². The van der Waals surface area contributed by atoms with Crippen molar-refractivity contribution in [2.75, 3.05) is 0 Å². The molecule has 17 heavy (non-hydrogen) atoms. The fraction of sp³-hybridized carbons (Fsp3) is 0.0769. The highest BCUT2D eigenvalue weighted by Gasteiger charge is 2.08. The zero-order chi connectivity index (χ0) is 11.7. The lowest BCUT2D eigenvalue weighted by Gasteiger charge is -1.95. The van der Waals surface area contributed by atoms with Gasteiger partial charge in [-0.2, -0.15) is 5.10 Å². The van der Waals surface area contributed by atoms with Crippen LogP contribution in [0.15, 0.2) is 42.6 Å². The molecule has 0 N–H and O–H groups in total. The summed E-state index contributed by atoms with van der Waals surface area (Å²) in [5.41, 5.74) is 2.23. The van der Waals surface area contributed by atoms with E-state index in [1.165, 1.54) is 10.4 Å². The molecule has 0 radical (unpaired) electrons. The Morgan fingerprint density at radius 3 is 2.88 bits per heavy atom. The Hall–Kier alpha value is -1.94. The predicted molar refractivity (Wildman–Crippen MR) is 69.1 cm³/mol. The number of nitrogens with zero attached hydrogens (tertiary/aromatic N) is 2. The third kappa shape index (κ3) is 1.76. The highest BCUT2D eigenvalue weighted by Crippen LogP contribution is 2.33. The molecule has 3 aromatic rings. The quantitative estimate of drug-likeness (QED) is 0.662. The molecule has 2 aromatic heterocycles. The van der Waals surface area contributed by atoms with Crippen molar-refractivity contribution in [3.8, 4) is 10.4 Å². The molecule has 0 aliphatic rings. The van der Waals surface area contributed by atoms with Crippen molar-refractivity contribution in [2.24, 2.45) is 0 Å². The second-order valence-corrected chi connectivity index (χ2v) is 4.80. The maximum Gasteiger partial charge on any atom is 0.141 e. The maximum absolute atomic E-state index is 10.5. The first-order chi connectivity index (χ1) is 8.38. The molecule has 4 heteroatoms. The summed E-state index contributed by atoms with van der Waals surface area (Å²) in [6.07, 6.45) is 2.68. The highest BCUT2D eigenvalue weighted by atomic mass is 32.1. The Morgan fingerprint density at radius 2 is 2.12 bits per heavy atom. The van der Waals surface area contributed by atoms with Crippen molar-refractivity contribution in [1.29, 1.82) is 0 Å². The van der Waals surface area contributed by atoms with Gasteiger partial charge in [-0.25, -0.2) is 0 Å². The summed E-state index contributed by atoms with van der Waals surface area (Å²) in [7, 11) is 0. The molecule has 84 valence electrons. The number of hydrogen-bond acceptors (Lipinski definition) is 3. The van der Waals surface area contributed by atoms with E-state index in [0.29, 0.717) is 6.54 Å². The van der Waals surface area contributed by atoms with Crippen LogP contribution < -0.4 is 0 Å². The lowest BCUT2D eigenvalue weighted by molar-refractivity contribution is -0.108. The first-order valence-corrected chi connectivity index (χ1v) is 6.14. The molecular weight excluding hydrogens is 232 g/mol. The van der Waals surface area contributed by atoms with Crippen LogP contribution in [0.3, 0.4) is 0 Å². The highest BCUT2D eigenvalue weighted by molar-refractivity contribution is 7.22. The van der Waals surface area contributed by atoms with Gasteiger partial charge in [0, 0.05) is 4.88 Å². The van der Waals surface area contributed by atoms with Gasteiger partial charge in [-0.1, -0.05) is 30.3 Å². The van der Waals surface area contributed by atoms with Gasteiger partial charge in [0.25, 0.3) is 0 Å². The fourth-order valence-electron chi connectivity index (χ4n) is 1.83. The zero-order valence-electron chi connectivity index (χ0n) is 9.04. The van der Waals surface area contributed by atoms with Crippen LogP contribution in [0.1, 0.15) is 0 Å². The maximum atomic E-state index is 10.5. The Kier molecular flexibility index (Phi) is 2.49. The van der Waals surface area contributed by atoms with Crippen molar-refractivity contribution in [1.82, 2.24) is 9.78 Å². The first kappa shape index (κ1) is 10.2. The number of thiophene rings is 1. The topological polar surface area (TPSA) is 34.9 Å². The summed E-state index contributed by atoms with van der Waals surface area (Å²) >= 11 is 1.70. The van der Waals surface area contributed by atoms with Crippen LogP contribution in [0.25, 0.3) is 20.7 Å². The summed E-state index contributed by atoms with van der Waals surface area (Å²) in [5, 5.41) is 4.18. The minimum absolute atomic E-state index is 0.314. The van der Waals surface area contributed by atoms with Gasteiger partial charge in [0.1, 0.15) is 6.29 Å². The van der Waals surface area contributed by atoms with Crippen molar-refractivity contribution in [3.05, 3.63) is 42.6 Å². The molecular formula is C13H10N2OS. The molecule has 0 aliphatic carbocycles. The zero-order valence-corrected chi connectivity index (χ0v) is 9.85. The number of rotatable bonds is 3. The molecule has 0 fully saturated rings. The molecule has 0 saturated heterocycles. The number of carbonyl (C=O) groups is 1. The van der Waals surface area contributed by atoms with E-state index in [0.717, 1.165) is 16.5 Å². The van der Waals surface area contributed by atoms with Gasteiger partial charge in [0.2, 0.25) is 0 Å². The summed E-state index contributed by atoms with van der Waals surface area (Å²) in [6, 6.07) is 12.3. The molecule has 0 aliphatic heterocycles. The van der Waals surface area contributed by atoms with E-state index in [9.17, 15) is 4.79 Å². The van der Waals surface area contributed by atoms with Gasteiger partial charge in [-0.05, 0) is 11.6 Å². The Bertz CT molecular complexity index is 654. The van der Waals surface area contributed by atoms with Crippen molar-refractivity contribution in [2.45, 2.75) is 6.54 Å².